The molecule has 0 aliphatic carbocycles. The Bertz CT molecular complexity index is 88.7. The lowest BCUT2D eigenvalue weighted by atomic mass is 10.7. The zero-order valence-corrected chi connectivity index (χ0v) is 6.28. The fraction of sp³-hybridized carbons (Fsp3) is 0.833. The number of carbonyl (C=O) groups excluding carboxylic acids is 1. The lowest BCUT2D eigenvalue weighted by molar-refractivity contribution is -0.109. The molecule has 0 saturated heterocycles. The van der Waals surface area contributed by atoms with E-state index in [1.165, 1.54) is 0 Å². The highest BCUT2D eigenvalue weighted by molar-refractivity contribution is 5.45. The van der Waals surface area contributed by atoms with Crippen molar-refractivity contribution in [2.24, 2.45) is 0 Å². The molecule has 0 unspecified atom stereocenters. The van der Waals surface area contributed by atoms with Crippen LogP contribution in [0.25, 0.3) is 0 Å². The fourth-order valence-corrected chi connectivity index (χ4v) is 0.474. The summed E-state index contributed by atoms with van der Waals surface area (Å²) in [5, 5.41) is 10.6. The highest BCUT2D eigenvalue weighted by Crippen LogP contribution is 1.75. The Morgan fingerprint density at radius 3 is 2.64 bits per heavy atom. The van der Waals surface area contributed by atoms with Crippen molar-refractivity contribution < 1.29 is 19.4 Å². The zero-order valence-electron chi connectivity index (χ0n) is 6.28. The van der Waals surface area contributed by atoms with Crippen molar-refractivity contribution >= 4 is 6.41 Å². The van der Waals surface area contributed by atoms with Crippen LogP contribution in [0.2, 0.25) is 0 Å². The molecule has 0 aliphatic rings. The molecular formula is C6H13NO4. The van der Waals surface area contributed by atoms with E-state index in [9.17, 15) is 4.79 Å². The summed E-state index contributed by atoms with van der Waals surface area (Å²) >= 11 is 0. The maximum atomic E-state index is 9.72. The van der Waals surface area contributed by atoms with Crippen LogP contribution >= 0.6 is 0 Å². The molecule has 0 rings (SSSR count). The van der Waals surface area contributed by atoms with Crippen molar-refractivity contribution in [3.63, 3.8) is 0 Å². The van der Waals surface area contributed by atoms with Crippen LogP contribution in [0.4, 0.5) is 0 Å². The summed E-state index contributed by atoms with van der Waals surface area (Å²) in [5.74, 6) is 0. The van der Waals surface area contributed by atoms with Gasteiger partial charge >= 0.3 is 0 Å². The Hall–Kier alpha value is -0.650. The molecule has 0 radical (unpaired) electrons. The number of hydrogen-bond donors (Lipinski definition) is 2. The monoisotopic (exact) mass is 163 g/mol. The third kappa shape index (κ3) is 9.35. The van der Waals surface area contributed by atoms with Crippen LogP contribution < -0.4 is 5.32 Å². The first-order chi connectivity index (χ1) is 5.41. The molecule has 0 heterocycles. The quantitative estimate of drug-likeness (QED) is 0.265. The molecule has 0 aromatic rings. The summed E-state index contributed by atoms with van der Waals surface area (Å²) < 4.78 is 9.56. The first-order valence-electron chi connectivity index (χ1n) is 3.35. The molecule has 0 bridgehead atoms. The molecule has 0 spiro atoms. The van der Waals surface area contributed by atoms with E-state index in [-0.39, 0.29) is 6.79 Å². The average molecular weight is 163 g/mol. The molecule has 0 aromatic heterocycles. The van der Waals surface area contributed by atoms with Crippen molar-refractivity contribution in [2.75, 3.05) is 33.2 Å². The van der Waals surface area contributed by atoms with Crippen LogP contribution in [0.3, 0.4) is 0 Å². The standard InChI is InChI=1S/C6H13NO4/c8-5-7-1-2-10-3-4-11-6-9/h5,9H,1-4,6H2,(H,7,8). The van der Waals surface area contributed by atoms with Gasteiger partial charge in [-0.15, -0.1) is 0 Å². The lowest BCUT2D eigenvalue weighted by Gasteiger charge is -2.02. The minimum absolute atomic E-state index is 0.282. The van der Waals surface area contributed by atoms with Crippen LogP contribution in [-0.4, -0.2) is 44.7 Å². The van der Waals surface area contributed by atoms with Crippen LogP contribution in [0.15, 0.2) is 0 Å². The SMILES string of the molecule is O=CNCCOCCOCO. The maximum Gasteiger partial charge on any atom is 0.207 e. The first-order valence-corrected chi connectivity index (χ1v) is 3.35. The largest absolute Gasteiger partial charge is 0.377 e. The van der Waals surface area contributed by atoms with Gasteiger partial charge in [0.1, 0.15) is 6.79 Å². The Morgan fingerprint density at radius 2 is 2.00 bits per heavy atom. The summed E-state index contributed by atoms with van der Waals surface area (Å²) in [6.07, 6.45) is 0.619. The van der Waals surface area contributed by atoms with Crippen LogP contribution in [0.1, 0.15) is 0 Å². The molecule has 11 heavy (non-hydrogen) atoms. The van der Waals surface area contributed by atoms with Gasteiger partial charge in [-0.1, -0.05) is 0 Å². The number of rotatable bonds is 8. The van der Waals surface area contributed by atoms with E-state index in [1.54, 1.807) is 0 Å². The number of aliphatic hydroxyl groups is 1. The molecule has 0 fully saturated rings. The van der Waals surface area contributed by atoms with Gasteiger partial charge in [-0.2, -0.15) is 0 Å². The highest BCUT2D eigenvalue weighted by Gasteiger charge is 1.86. The molecule has 0 aromatic carbocycles. The van der Waals surface area contributed by atoms with Gasteiger partial charge < -0.3 is 19.9 Å². The van der Waals surface area contributed by atoms with E-state index in [2.05, 4.69) is 10.1 Å². The maximum absolute atomic E-state index is 9.72. The van der Waals surface area contributed by atoms with Gasteiger partial charge in [0.2, 0.25) is 6.41 Å². The Morgan fingerprint density at radius 1 is 1.27 bits per heavy atom. The predicted octanol–water partition coefficient (Wildman–Crippen LogP) is -1.28. The summed E-state index contributed by atoms with van der Waals surface area (Å²) in [7, 11) is 0. The van der Waals surface area contributed by atoms with Crippen molar-refractivity contribution in [1.82, 2.24) is 5.32 Å². The normalized spacial score (nSPS) is 9.55. The average Bonchev–Trinajstić information content (AvgIpc) is 2.03. The van der Waals surface area contributed by atoms with Gasteiger partial charge in [-0.05, 0) is 0 Å². The minimum atomic E-state index is -0.282. The number of hydrogen-bond acceptors (Lipinski definition) is 4. The molecule has 0 atom stereocenters. The Kier molecular flexibility index (Phi) is 8.80. The number of aliphatic hydroxyl groups excluding tert-OH is 1. The van der Waals surface area contributed by atoms with Crippen molar-refractivity contribution in [1.29, 1.82) is 0 Å². The number of amides is 1. The molecule has 1 amide bonds. The zero-order chi connectivity index (χ0) is 8.36. The number of ether oxygens (including phenoxy) is 2. The smallest absolute Gasteiger partial charge is 0.207 e. The van der Waals surface area contributed by atoms with Crippen LogP contribution in [0.5, 0.6) is 0 Å². The fourth-order valence-electron chi connectivity index (χ4n) is 0.474. The predicted molar refractivity (Wildman–Crippen MR) is 37.9 cm³/mol. The van der Waals surface area contributed by atoms with E-state index < -0.39 is 0 Å². The Labute approximate surface area is 65.3 Å². The Balaban J connectivity index is 2.74. The molecule has 66 valence electrons. The van der Waals surface area contributed by atoms with E-state index in [4.69, 9.17) is 9.84 Å². The highest BCUT2D eigenvalue weighted by atomic mass is 16.6. The number of carbonyl (C=O) groups is 1. The van der Waals surface area contributed by atoms with Gasteiger partial charge in [-0.3, -0.25) is 4.79 Å². The van der Waals surface area contributed by atoms with Gasteiger partial charge in [0, 0.05) is 6.54 Å². The third-order valence-electron chi connectivity index (χ3n) is 0.937. The summed E-state index contributed by atoms with van der Waals surface area (Å²) in [6.45, 7) is 1.49. The molecule has 0 saturated carbocycles. The topological polar surface area (TPSA) is 67.8 Å². The molecule has 2 N–H and O–H groups in total. The van der Waals surface area contributed by atoms with E-state index >= 15 is 0 Å². The second-order valence-corrected chi connectivity index (χ2v) is 1.72. The van der Waals surface area contributed by atoms with E-state index in [0.29, 0.717) is 32.8 Å². The van der Waals surface area contributed by atoms with Crippen LogP contribution in [-0.2, 0) is 14.3 Å². The molecule has 0 aliphatic heterocycles. The third-order valence-corrected chi connectivity index (χ3v) is 0.937. The van der Waals surface area contributed by atoms with Gasteiger partial charge in [0.05, 0.1) is 19.8 Å². The second kappa shape index (κ2) is 9.35. The van der Waals surface area contributed by atoms with Gasteiger partial charge in [0.25, 0.3) is 0 Å². The molecular weight excluding hydrogens is 150 g/mol. The van der Waals surface area contributed by atoms with Crippen molar-refractivity contribution in [3.8, 4) is 0 Å². The van der Waals surface area contributed by atoms with Crippen molar-refractivity contribution in [2.45, 2.75) is 0 Å². The van der Waals surface area contributed by atoms with Gasteiger partial charge in [0.15, 0.2) is 0 Å². The summed E-state index contributed by atoms with van der Waals surface area (Å²) in [6, 6.07) is 0. The summed E-state index contributed by atoms with van der Waals surface area (Å²) in [5.41, 5.74) is 0. The van der Waals surface area contributed by atoms with Crippen molar-refractivity contribution in [3.05, 3.63) is 0 Å². The van der Waals surface area contributed by atoms with E-state index in [1.807, 2.05) is 0 Å². The van der Waals surface area contributed by atoms with E-state index in [0.717, 1.165) is 0 Å². The first kappa shape index (κ1) is 10.3. The lowest BCUT2D eigenvalue weighted by Crippen LogP contribution is -2.18. The second-order valence-electron chi connectivity index (χ2n) is 1.72. The molecule has 5 nitrogen and oxygen atoms in total. The number of nitrogens with one attached hydrogen (secondary N) is 1. The van der Waals surface area contributed by atoms with Gasteiger partial charge in [-0.25, -0.2) is 0 Å². The minimum Gasteiger partial charge on any atom is -0.377 e. The molecule has 5 heteroatoms. The summed E-state index contributed by atoms with van der Waals surface area (Å²) in [4.78, 5) is 9.72. The van der Waals surface area contributed by atoms with Crippen LogP contribution in [0, 0.1) is 0 Å².